The molecule has 0 unspecified atom stereocenters. The minimum Gasteiger partial charge on any atom is -0.366 e. The number of rotatable bonds is 6. The molecule has 0 aliphatic rings. The minimum absolute atomic E-state index is 0.149. The number of hydrogen-bond acceptors (Lipinski definition) is 5. The largest absolute Gasteiger partial charge is 0.366 e. The van der Waals surface area contributed by atoms with Gasteiger partial charge in [0.2, 0.25) is 5.91 Å². The van der Waals surface area contributed by atoms with E-state index in [9.17, 15) is 9.18 Å². The smallest absolute Gasteiger partial charge is 0.224 e. The highest BCUT2D eigenvalue weighted by molar-refractivity contribution is 5.82. The Morgan fingerprint density at radius 1 is 1.22 bits per heavy atom. The first-order valence-corrected chi connectivity index (χ1v) is 7.11. The molecule has 8 heteroatoms. The second kappa shape index (κ2) is 6.82. The molecule has 3 rings (SSSR count). The van der Waals surface area contributed by atoms with Crippen LogP contribution in [0, 0.1) is 5.82 Å². The first kappa shape index (κ1) is 14.9. The lowest BCUT2D eigenvalue weighted by Crippen LogP contribution is -2.30. The average molecular weight is 314 g/mol. The summed E-state index contributed by atoms with van der Waals surface area (Å²) in [7, 11) is 0. The molecule has 3 N–H and O–H groups in total. The molecule has 3 aromatic rings. The van der Waals surface area contributed by atoms with Crippen LogP contribution in [-0.2, 0) is 11.2 Å². The normalized spacial score (nSPS) is 10.7. The first-order valence-electron chi connectivity index (χ1n) is 7.11. The molecule has 0 bridgehead atoms. The topological polar surface area (TPSA) is 95.6 Å². The summed E-state index contributed by atoms with van der Waals surface area (Å²) < 4.78 is 13.1. The summed E-state index contributed by atoms with van der Waals surface area (Å²) in [4.78, 5) is 26.9. The summed E-state index contributed by atoms with van der Waals surface area (Å²) in [5, 5.41) is 5.87. The molecule has 7 nitrogen and oxygen atoms in total. The molecule has 118 valence electrons. The van der Waals surface area contributed by atoms with E-state index in [4.69, 9.17) is 0 Å². The molecule has 0 radical (unpaired) electrons. The fourth-order valence-corrected chi connectivity index (χ4v) is 2.18. The summed E-state index contributed by atoms with van der Waals surface area (Å²) in [6.07, 6.45) is 3.12. The lowest BCUT2D eigenvalue weighted by atomic mass is 10.1. The van der Waals surface area contributed by atoms with Crippen LogP contribution in [0.2, 0.25) is 0 Å². The van der Waals surface area contributed by atoms with E-state index in [-0.39, 0.29) is 18.1 Å². The molecule has 0 fully saturated rings. The van der Waals surface area contributed by atoms with E-state index in [2.05, 4.69) is 30.6 Å². The quantitative estimate of drug-likeness (QED) is 0.595. The fourth-order valence-electron chi connectivity index (χ4n) is 2.18. The molecular formula is C15H15FN6O. The number of halogens is 1. The Labute approximate surface area is 131 Å². The highest BCUT2D eigenvalue weighted by Crippen LogP contribution is 2.13. The molecule has 23 heavy (non-hydrogen) atoms. The Morgan fingerprint density at radius 2 is 2.13 bits per heavy atom. The van der Waals surface area contributed by atoms with Crippen molar-refractivity contribution >= 4 is 22.9 Å². The first-order chi connectivity index (χ1) is 11.2. The highest BCUT2D eigenvalue weighted by atomic mass is 19.1. The molecule has 0 saturated heterocycles. The number of aromatic amines is 1. The maximum absolute atomic E-state index is 13.1. The predicted molar refractivity (Wildman–Crippen MR) is 83.3 cm³/mol. The molecule has 0 aliphatic heterocycles. The average Bonchev–Trinajstić information content (AvgIpc) is 3.01. The molecule has 1 amide bonds. The van der Waals surface area contributed by atoms with Gasteiger partial charge in [-0.05, 0) is 17.7 Å². The van der Waals surface area contributed by atoms with Crippen LogP contribution >= 0.6 is 0 Å². The molecule has 0 spiro atoms. The van der Waals surface area contributed by atoms with Crippen LogP contribution in [0.15, 0.2) is 36.9 Å². The number of imidazole rings is 1. The third-order valence-corrected chi connectivity index (χ3v) is 3.22. The SMILES string of the molecule is O=C(Cc1cccc(F)c1)NCCNc1ncnc2nc[nH]c12. The van der Waals surface area contributed by atoms with Crippen molar-refractivity contribution in [2.24, 2.45) is 0 Å². The lowest BCUT2D eigenvalue weighted by molar-refractivity contribution is -0.120. The summed E-state index contributed by atoms with van der Waals surface area (Å²) in [6, 6.07) is 6.01. The van der Waals surface area contributed by atoms with Crippen LogP contribution in [0.3, 0.4) is 0 Å². The van der Waals surface area contributed by atoms with E-state index in [1.807, 2.05) is 0 Å². The van der Waals surface area contributed by atoms with Gasteiger partial charge >= 0.3 is 0 Å². The zero-order valence-electron chi connectivity index (χ0n) is 12.2. The van der Waals surface area contributed by atoms with Crippen molar-refractivity contribution in [3.63, 3.8) is 0 Å². The number of H-pyrrole nitrogens is 1. The van der Waals surface area contributed by atoms with Gasteiger partial charge in [-0.15, -0.1) is 0 Å². The molecule has 0 saturated carbocycles. The molecule has 0 aliphatic carbocycles. The monoisotopic (exact) mass is 314 g/mol. The van der Waals surface area contributed by atoms with Crippen molar-refractivity contribution < 1.29 is 9.18 Å². The number of hydrogen-bond donors (Lipinski definition) is 3. The van der Waals surface area contributed by atoms with Gasteiger partial charge in [0.05, 0.1) is 12.7 Å². The van der Waals surface area contributed by atoms with E-state index in [1.54, 1.807) is 18.5 Å². The second-order valence-electron chi connectivity index (χ2n) is 4.91. The zero-order valence-corrected chi connectivity index (χ0v) is 12.2. The van der Waals surface area contributed by atoms with Crippen LogP contribution in [0.25, 0.3) is 11.2 Å². The number of nitrogens with one attached hydrogen (secondary N) is 3. The Balaban J connectivity index is 1.46. The van der Waals surface area contributed by atoms with Crippen LogP contribution < -0.4 is 10.6 Å². The second-order valence-corrected chi connectivity index (χ2v) is 4.91. The van der Waals surface area contributed by atoms with Gasteiger partial charge in [-0.25, -0.2) is 19.3 Å². The standard InChI is InChI=1S/C15H15FN6O/c16-11-3-1-2-10(6-11)7-12(23)17-4-5-18-14-13-15(20-8-19-13)22-9-21-14/h1-3,6,8-9H,4-5,7H2,(H,17,23)(H2,18,19,20,21,22). The highest BCUT2D eigenvalue weighted by Gasteiger charge is 2.06. The van der Waals surface area contributed by atoms with Crippen molar-refractivity contribution in [1.82, 2.24) is 25.3 Å². The van der Waals surface area contributed by atoms with Crippen molar-refractivity contribution in [3.05, 3.63) is 48.3 Å². The Hall–Kier alpha value is -3.03. The number of nitrogens with zero attached hydrogens (tertiary/aromatic N) is 3. The fraction of sp³-hybridized carbons (Fsp3) is 0.200. The number of carbonyl (C=O) groups is 1. The van der Waals surface area contributed by atoms with Crippen molar-refractivity contribution in [2.75, 3.05) is 18.4 Å². The molecule has 2 aromatic heterocycles. The number of anilines is 1. The van der Waals surface area contributed by atoms with Gasteiger partial charge in [-0.1, -0.05) is 12.1 Å². The van der Waals surface area contributed by atoms with E-state index in [0.29, 0.717) is 30.1 Å². The third kappa shape index (κ3) is 3.79. The maximum Gasteiger partial charge on any atom is 0.224 e. The van der Waals surface area contributed by atoms with Crippen molar-refractivity contribution in [3.8, 4) is 0 Å². The van der Waals surface area contributed by atoms with Gasteiger partial charge in [0, 0.05) is 13.1 Å². The van der Waals surface area contributed by atoms with E-state index in [1.165, 1.54) is 18.5 Å². The Bertz CT molecular complexity index is 818. The van der Waals surface area contributed by atoms with Gasteiger partial charge in [0.15, 0.2) is 11.5 Å². The third-order valence-electron chi connectivity index (χ3n) is 3.22. The summed E-state index contributed by atoms with van der Waals surface area (Å²) in [5.74, 6) is 0.128. The van der Waals surface area contributed by atoms with Crippen molar-refractivity contribution in [2.45, 2.75) is 6.42 Å². The predicted octanol–water partition coefficient (Wildman–Crippen LogP) is 1.26. The van der Waals surface area contributed by atoms with E-state index in [0.717, 1.165) is 5.52 Å². The lowest BCUT2D eigenvalue weighted by Gasteiger charge is -2.08. The molecular weight excluding hydrogens is 299 g/mol. The van der Waals surface area contributed by atoms with Gasteiger partial charge in [0.1, 0.15) is 17.7 Å². The van der Waals surface area contributed by atoms with Crippen LogP contribution in [0.5, 0.6) is 0 Å². The number of fused-ring (bicyclic) bond motifs is 1. The summed E-state index contributed by atoms with van der Waals surface area (Å²) in [5.41, 5.74) is 1.95. The zero-order chi connectivity index (χ0) is 16.1. The van der Waals surface area contributed by atoms with Crippen molar-refractivity contribution in [1.29, 1.82) is 0 Å². The van der Waals surface area contributed by atoms with E-state index < -0.39 is 0 Å². The van der Waals surface area contributed by atoms with Gasteiger partial charge in [0.25, 0.3) is 0 Å². The Kier molecular flexibility index (Phi) is 4.41. The number of amides is 1. The van der Waals surface area contributed by atoms with Gasteiger partial charge in [-0.3, -0.25) is 4.79 Å². The number of aromatic nitrogens is 4. The molecule has 1 aromatic carbocycles. The van der Waals surface area contributed by atoms with E-state index >= 15 is 0 Å². The Morgan fingerprint density at radius 3 is 3.00 bits per heavy atom. The number of carbonyl (C=O) groups excluding carboxylic acids is 1. The van der Waals surface area contributed by atoms with Crippen LogP contribution in [0.4, 0.5) is 10.2 Å². The maximum atomic E-state index is 13.1. The molecule has 0 atom stereocenters. The number of benzene rings is 1. The minimum atomic E-state index is -0.343. The summed E-state index contributed by atoms with van der Waals surface area (Å²) in [6.45, 7) is 0.924. The van der Waals surface area contributed by atoms with Crippen LogP contribution in [-0.4, -0.2) is 38.9 Å². The van der Waals surface area contributed by atoms with Crippen LogP contribution in [0.1, 0.15) is 5.56 Å². The molecule has 2 heterocycles. The summed E-state index contributed by atoms with van der Waals surface area (Å²) >= 11 is 0. The van der Waals surface area contributed by atoms with Gasteiger partial charge < -0.3 is 15.6 Å². The van der Waals surface area contributed by atoms with Gasteiger partial charge in [-0.2, -0.15) is 0 Å².